The predicted molar refractivity (Wildman–Crippen MR) is 138 cm³/mol. The minimum atomic E-state index is -1.16. The zero-order valence-electron chi connectivity index (χ0n) is 20.8. The van der Waals surface area contributed by atoms with Gasteiger partial charge < -0.3 is 20.7 Å². The number of halogens is 2. The van der Waals surface area contributed by atoms with E-state index >= 15 is 0 Å². The van der Waals surface area contributed by atoms with E-state index in [1.54, 1.807) is 24.3 Å². The molecule has 1 fully saturated rings. The third-order valence-corrected chi connectivity index (χ3v) is 6.88. The highest BCUT2D eigenvalue weighted by atomic mass is 79.9. The lowest BCUT2D eigenvalue weighted by Gasteiger charge is -2.29. The summed E-state index contributed by atoms with van der Waals surface area (Å²) in [6.07, 6.45) is 0.607. The van der Waals surface area contributed by atoms with Crippen LogP contribution >= 0.6 is 15.9 Å². The maximum absolute atomic E-state index is 13.5. The van der Waals surface area contributed by atoms with E-state index in [1.807, 2.05) is 13.8 Å². The van der Waals surface area contributed by atoms with E-state index in [9.17, 15) is 23.6 Å². The van der Waals surface area contributed by atoms with Gasteiger partial charge in [0, 0.05) is 41.3 Å². The Hall–Kier alpha value is -2.59. The molecule has 1 aromatic rings. The van der Waals surface area contributed by atoms with Crippen LogP contribution < -0.4 is 11.1 Å². The zero-order valence-corrected chi connectivity index (χ0v) is 22.4. The number of nitrogens with one attached hydrogen (secondary N) is 1. The van der Waals surface area contributed by atoms with E-state index < -0.39 is 30.3 Å². The van der Waals surface area contributed by atoms with Gasteiger partial charge in [-0.1, -0.05) is 48.5 Å². The summed E-state index contributed by atoms with van der Waals surface area (Å²) in [6, 6.07) is 6.04. The molecule has 3 atom stereocenters. The third kappa shape index (κ3) is 8.51. The highest BCUT2D eigenvalue weighted by Gasteiger charge is 2.40. The van der Waals surface area contributed by atoms with Crippen molar-refractivity contribution in [2.24, 2.45) is 23.5 Å². The SMILES string of the molecule is C=C(N)NCCC[C@H](CC(=O)[C@@H]1COCN1C(=O)[C@@H](CC(=O)c1ccc(Br)cc1)C(C)C)C(=O)CF. The monoisotopic (exact) mass is 567 g/mol. The van der Waals surface area contributed by atoms with Crippen molar-refractivity contribution in [1.82, 2.24) is 10.2 Å². The third-order valence-electron chi connectivity index (χ3n) is 6.35. The van der Waals surface area contributed by atoms with Crippen LogP contribution in [-0.2, 0) is 19.1 Å². The van der Waals surface area contributed by atoms with Crippen molar-refractivity contribution in [2.45, 2.75) is 45.6 Å². The fourth-order valence-corrected chi connectivity index (χ4v) is 4.43. The molecule has 2 rings (SSSR count). The second-order valence-corrected chi connectivity index (χ2v) is 10.3. The van der Waals surface area contributed by atoms with Crippen LogP contribution in [0.1, 0.15) is 49.9 Å². The Morgan fingerprint density at radius 3 is 2.47 bits per heavy atom. The topological polar surface area (TPSA) is 119 Å². The number of rotatable bonds is 15. The molecule has 1 aromatic carbocycles. The Bertz CT molecular complexity index is 953. The number of hydrogen-bond donors (Lipinski definition) is 2. The van der Waals surface area contributed by atoms with Crippen LogP contribution in [-0.4, -0.2) is 60.8 Å². The number of amides is 1. The van der Waals surface area contributed by atoms with Crippen LogP contribution in [0.5, 0.6) is 0 Å². The lowest BCUT2D eigenvalue weighted by atomic mass is 9.86. The van der Waals surface area contributed by atoms with Crippen molar-refractivity contribution in [3.8, 4) is 0 Å². The summed E-state index contributed by atoms with van der Waals surface area (Å²) in [5.41, 5.74) is 5.96. The first-order valence-corrected chi connectivity index (χ1v) is 12.8. The van der Waals surface area contributed by atoms with Crippen LogP contribution in [0.3, 0.4) is 0 Å². The second kappa shape index (κ2) is 14.2. The zero-order chi connectivity index (χ0) is 26.8. The van der Waals surface area contributed by atoms with Crippen molar-refractivity contribution in [3.05, 3.63) is 46.7 Å². The predicted octanol–water partition coefficient (Wildman–Crippen LogP) is 3.39. The summed E-state index contributed by atoms with van der Waals surface area (Å²) in [5.74, 6) is -2.82. The average molecular weight is 568 g/mol. The van der Waals surface area contributed by atoms with Gasteiger partial charge in [-0.15, -0.1) is 0 Å². The second-order valence-electron chi connectivity index (χ2n) is 9.37. The van der Waals surface area contributed by atoms with E-state index in [0.717, 1.165) is 4.47 Å². The number of ketones is 3. The lowest BCUT2D eigenvalue weighted by Crippen LogP contribution is -2.46. The molecular formula is C26H35BrFN3O5. The van der Waals surface area contributed by atoms with Crippen LogP contribution in [0.2, 0.25) is 0 Å². The van der Waals surface area contributed by atoms with Crippen molar-refractivity contribution in [3.63, 3.8) is 0 Å². The van der Waals surface area contributed by atoms with E-state index in [1.165, 1.54) is 4.90 Å². The molecular weight excluding hydrogens is 533 g/mol. The molecule has 1 heterocycles. The van der Waals surface area contributed by atoms with Crippen molar-refractivity contribution < 1.29 is 28.3 Å². The number of nitrogens with two attached hydrogens (primary N) is 1. The molecule has 0 aromatic heterocycles. The van der Waals surface area contributed by atoms with Gasteiger partial charge in [0.1, 0.15) is 19.4 Å². The Morgan fingerprint density at radius 2 is 1.89 bits per heavy atom. The average Bonchev–Trinajstić information content (AvgIpc) is 3.33. The Labute approximate surface area is 219 Å². The van der Waals surface area contributed by atoms with Gasteiger partial charge >= 0.3 is 0 Å². The van der Waals surface area contributed by atoms with Gasteiger partial charge in [-0.2, -0.15) is 0 Å². The first-order chi connectivity index (χ1) is 17.0. The molecule has 1 aliphatic heterocycles. The molecule has 0 saturated carbocycles. The number of carbonyl (C=O) groups is 4. The number of alkyl halides is 1. The highest BCUT2D eigenvalue weighted by Crippen LogP contribution is 2.26. The maximum Gasteiger partial charge on any atom is 0.228 e. The van der Waals surface area contributed by atoms with Crippen LogP contribution in [0.4, 0.5) is 4.39 Å². The Morgan fingerprint density at radius 1 is 1.22 bits per heavy atom. The fourth-order valence-electron chi connectivity index (χ4n) is 4.16. The molecule has 1 amide bonds. The molecule has 0 spiro atoms. The van der Waals surface area contributed by atoms with Crippen LogP contribution in [0.15, 0.2) is 41.1 Å². The molecule has 0 radical (unpaired) electrons. The Balaban J connectivity index is 2.08. The number of nitrogens with zero attached hydrogens (tertiary/aromatic N) is 1. The summed E-state index contributed by atoms with van der Waals surface area (Å²) < 4.78 is 19.4. The summed E-state index contributed by atoms with van der Waals surface area (Å²) in [6.45, 7) is 6.44. The largest absolute Gasteiger partial charge is 0.386 e. The summed E-state index contributed by atoms with van der Waals surface area (Å²) in [4.78, 5) is 52.9. The number of ether oxygens (including phenoxy) is 1. The van der Waals surface area contributed by atoms with E-state index in [2.05, 4.69) is 27.8 Å². The molecule has 0 aliphatic carbocycles. The van der Waals surface area contributed by atoms with Gasteiger partial charge in [0.25, 0.3) is 0 Å². The van der Waals surface area contributed by atoms with Crippen molar-refractivity contribution >= 4 is 39.2 Å². The van der Waals surface area contributed by atoms with Gasteiger partial charge in [0.2, 0.25) is 5.91 Å². The van der Waals surface area contributed by atoms with E-state index in [-0.39, 0.29) is 55.4 Å². The molecule has 0 bridgehead atoms. The molecule has 1 aliphatic rings. The fraction of sp³-hybridized carbons (Fsp3) is 0.538. The van der Waals surface area contributed by atoms with Gasteiger partial charge in [-0.25, -0.2) is 4.39 Å². The Kier molecular flexibility index (Phi) is 11.7. The van der Waals surface area contributed by atoms with Crippen LogP contribution in [0.25, 0.3) is 0 Å². The molecule has 36 heavy (non-hydrogen) atoms. The van der Waals surface area contributed by atoms with E-state index in [0.29, 0.717) is 24.9 Å². The summed E-state index contributed by atoms with van der Waals surface area (Å²) >= 11 is 3.34. The molecule has 3 N–H and O–H groups in total. The molecule has 0 unspecified atom stereocenters. The molecule has 10 heteroatoms. The number of hydrogen-bond acceptors (Lipinski definition) is 7. The molecule has 198 valence electrons. The maximum atomic E-state index is 13.5. The van der Waals surface area contributed by atoms with Gasteiger partial charge in [-0.05, 0) is 30.9 Å². The molecule has 1 saturated heterocycles. The minimum Gasteiger partial charge on any atom is -0.386 e. The van der Waals surface area contributed by atoms with Crippen LogP contribution in [0, 0.1) is 17.8 Å². The first kappa shape index (κ1) is 29.6. The molecule has 8 nitrogen and oxygen atoms in total. The highest BCUT2D eigenvalue weighted by molar-refractivity contribution is 9.10. The standard InChI is InChI=1S/C26H35BrFN3O5/c1-16(2)21(12-23(32)18-6-8-20(27)9-7-18)26(35)31-15-36-14-22(31)24(33)11-19(25(34)13-28)5-4-10-30-17(3)29/h6-9,16,19,21-22,30H,3-5,10-15,29H2,1-2H3/t19-,21+,22+/m1/s1. The summed E-state index contributed by atoms with van der Waals surface area (Å²) in [5, 5.41) is 2.83. The van der Waals surface area contributed by atoms with Crippen molar-refractivity contribution in [1.29, 1.82) is 0 Å². The van der Waals surface area contributed by atoms with Gasteiger partial charge in [-0.3, -0.25) is 19.2 Å². The lowest BCUT2D eigenvalue weighted by molar-refractivity contribution is -0.143. The summed E-state index contributed by atoms with van der Waals surface area (Å²) in [7, 11) is 0. The quantitative estimate of drug-likeness (QED) is 0.246. The number of Topliss-reactive ketones (excluding diaryl/α,β-unsaturated/α-hetero) is 3. The smallest absolute Gasteiger partial charge is 0.228 e. The number of carbonyl (C=O) groups excluding carboxylic acids is 4. The first-order valence-electron chi connectivity index (χ1n) is 12.0. The normalized spacial score (nSPS) is 17.0. The van der Waals surface area contributed by atoms with E-state index in [4.69, 9.17) is 10.5 Å². The minimum absolute atomic E-state index is 0.00113. The van der Waals surface area contributed by atoms with Gasteiger partial charge in [0.05, 0.1) is 12.4 Å². The van der Waals surface area contributed by atoms with Gasteiger partial charge in [0.15, 0.2) is 17.3 Å². The number of benzene rings is 1. The van der Waals surface area contributed by atoms with Crippen molar-refractivity contribution in [2.75, 3.05) is 26.6 Å².